The van der Waals surface area contributed by atoms with Crippen molar-refractivity contribution in [3.63, 3.8) is 0 Å². The molecule has 0 rings (SSSR count). The van der Waals surface area contributed by atoms with Gasteiger partial charge < -0.3 is 5.11 Å². The van der Waals surface area contributed by atoms with Gasteiger partial charge in [0.2, 0.25) is 0 Å². The maximum absolute atomic E-state index is 12.0. The van der Waals surface area contributed by atoms with Crippen molar-refractivity contribution in [3.05, 3.63) is 0 Å². The van der Waals surface area contributed by atoms with Crippen LogP contribution in [0.5, 0.6) is 0 Å². The van der Waals surface area contributed by atoms with Crippen molar-refractivity contribution >= 4 is 0 Å². The van der Waals surface area contributed by atoms with Gasteiger partial charge in [-0.05, 0) is 13.3 Å². The zero-order chi connectivity index (χ0) is 9.07. The zero-order valence-electron chi connectivity index (χ0n) is 6.03. The number of halogens is 4. The molecule has 5 heteroatoms. The van der Waals surface area contributed by atoms with Crippen molar-refractivity contribution in [2.24, 2.45) is 0 Å². The molecule has 0 aliphatic carbocycles. The summed E-state index contributed by atoms with van der Waals surface area (Å²) in [6, 6.07) is 0. The van der Waals surface area contributed by atoms with E-state index in [9.17, 15) is 17.6 Å². The molecule has 68 valence electrons. The highest BCUT2D eigenvalue weighted by Gasteiger charge is 2.39. The highest BCUT2D eigenvalue weighted by molar-refractivity contribution is 4.69. The average molecular weight is 174 g/mol. The summed E-state index contributed by atoms with van der Waals surface area (Å²) in [5.74, 6) is -3.96. The van der Waals surface area contributed by atoms with Gasteiger partial charge in [-0.1, -0.05) is 0 Å². The zero-order valence-corrected chi connectivity index (χ0v) is 6.03. The molecule has 0 aromatic rings. The summed E-state index contributed by atoms with van der Waals surface area (Å²) in [6.07, 6.45) is -5.87. The van der Waals surface area contributed by atoms with Gasteiger partial charge in [0.15, 0.2) is 0 Å². The summed E-state index contributed by atoms with van der Waals surface area (Å²) in [5.41, 5.74) is 0. The molecular formula is C6H10F4O. The first-order valence-electron chi connectivity index (χ1n) is 3.20. The van der Waals surface area contributed by atoms with Crippen LogP contribution in [-0.2, 0) is 0 Å². The van der Waals surface area contributed by atoms with Crippen LogP contribution in [0, 0.1) is 0 Å². The maximum Gasteiger partial charge on any atom is 0.307 e. The van der Waals surface area contributed by atoms with E-state index in [1.807, 2.05) is 0 Å². The van der Waals surface area contributed by atoms with E-state index in [2.05, 4.69) is 0 Å². The van der Waals surface area contributed by atoms with Gasteiger partial charge in [-0.3, -0.25) is 0 Å². The van der Waals surface area contributed by atoms with Crippen LogP contribution < -0.4 is 0 Å². The van der Waals surface area contributed by atoms with E-state index in [1.54, 1.807) is 0 Å². The molecule has 0 aromatic carbocycles. The highest BCUT2D eigenvalue weighted by Crippen LogP contribution is 2.28. The lowest BCUT2D eigenvalue weighted by atomic mass is 10.1. The molecule has 1 N–H and O–H groups in total. The van der Waals surface area contributed by atoms with Crippen LogP contribution in [0.25, 0.3) is 0 Å². The van der Waals surface area contributed by atoms with Crippen LogP contribution in [0.4, 0.5) is 17.6 Å². The van der Waals surface area contributed by atoms with Crippen molar-refractivity contribution in [1.82, 2.24) is 0 Å². The predicted octanol–water partition coefficient (Wildman–Crippen LogP) is 2.05. The average Bonchev–Trinajstić information content (AvgIpc) is 1.84. The number of aliphatic hydroxyl groups excluding tert-OH is 1. The summed E-state index contributed by atoms with van der Waals surface area (Å²) in [6.45, 7) is 1.28. The molecule has 0 unspecified atom stereocenters. The summed E-state index contributed by atoms with van der Waals surface area (Å²) in [4.78, 5) is 0. The molecule has 0 amide bonds. The third kappa shape index (κ3) is 4.19. The number of hydrogen-bond acceptors (Lipinski definition) is 1. The Morgan fingerprint density at radius 2 is 1.82 bits per heavy atom. The second-order valence-corrected chi connectivity index (χ2v) is 2.45. The molecule has 0 spiro atoms. The number of rotatable bonds is 4. The quantitative estimate of drug-likeness (QED) is 0.646. The van der Waals surface area contributed by atoms with E-state index in [-0.39, 0.29) is 6.42 Å². The Morgan fingerprint density at radius 3 is 2.09 bits per heavy atom. The number of hydrogen-bond donors (Lipinski definition) is 1. The van der Waals surface area contributed by atoms with Crippen LogP contribution in [-0.4, -0.2) is 23.6 Å². The molecule has 0 heterocycles. The summed E-state index contributed by atoms with van der Waals surface area (Å²) in [7, 11) is 0. The molecule has 1 nitrogen and oxygen atoms in total. The minimum atomic E-state index is -3.96. The van der Waals surface area contributed by atoms with Crippen molar-refractivity contribution in [2.75, 3.05) is 0 Å². The second kappa shape index (κ2) is 3.90. The maximum atomic E-state index is 12.0. The molecule has 0 aliphatic heterocycles. The molecular weight excluding hydrogens is 164 g/mol. The Morgan fingerprint density at radius 1 is 1.36 bits per heavy atom. The van der Waals surface area contributed by atoms with Gasteiger partial charge in [-0.2, -0.15) is 0 Å². The fraction of sp³-hybridized carbons (Fsp3) is 1.00. The van der Waals surface area contributed by atoms with Crippen LogP contribution >= 0.6 is 0 Å². The fourth-order valence-electron chi connectivity index (χ4n) is 0.510. The molecule has 0 bridgehead atoms. The number of alkyl halides is 4. The van der Waals surface area contributed by atoms with Gasteiger partial charge in [0.25, 0.3) is 0 Å². The first kappa shape index (κ1) is 10.7. The van der Waals surface area contributed by atoms with Gasteiger partial charge in [-0.25, -0.2) is 17.6 Å². The Bertz CT molecular complexity index is 113. The van der Waals surface area contributed by atoms with Crippen LogP contribution in [0.2, 0.25) is 0 Å². The molecule has 0 saturated heterocycles. The Labute approximate surface area is 62.0 Å². The molecule has 0 radical (unpaired) electrons. The van der Waals surface area contributed by atoms with E-state index in [0.717, 1.165) is 0 Å². The summed E-state index contributed by atoms with van der Waals surface area (Å²) >= 11 is 0. The van der Waals surface area contributed by atoms with Gasteiger partial charge in [0.1, 0.15) is 0 Å². The van der Waals surface area contributed by atoms with Crippen molar-refractivity contribution in [3.8, 4) is 0 Å². The first-order chi connectivity index (χ1) is 4.86. The largest absolute Gasteiger partial charge is 0.393 e. The van der Waals surface area contributed by atoms with E-state index < -0.39 is 24.9 Å². The minimum Gasteiger partial charge on any atom is -0.393 e. The lowest BCUT2D eigenvalue weighted by molar-refractivity contribution is -0.136. The lowest BCUT2D eigenvalue weighted by Gasteiger charge is -2.15. The van der Waals surface area contributed by atoms with E-state index >= 15 is 0 Å². The normalized spacial score (nSPS) is 15.5. The molecule has 11 heavy (non-hydrogen) atoms. The van der Waals surface area contributed by atoms with Gasteiger partial charge in [0, 0.05) is 6.42 Å². The Hall–Kier alpha value is -0.320. The molecule has 0 aliphatic rings. The SMILES string of the molecule is C[C@H](O)CCC(F)(F)C(F)F. The van der Waals surface area contributed by atoms with Crippen molar-refractivity contribution in [1.29, 1.82) is 0 Å². The standard InChI is InChI=1S/C6H10F4O/c1-4(11)2-3-6(9,10)5(7)8/h4-5,11H,2-3H2,1H3/t4-/m0/s1. The Kier molecular flexibility index (Phi) is 3.78. The second-order valence-electron chi connectivity index (χ2n) is 2.45. The smallest absolute Gasteiger partial charge is 0.307 e. The summed E-state index contributed by atoms with van der Waals surface area (Å²) < 4.78 is 47.0. The predicted molar refractivity (Wildman–Crippen MR) is 31.9 cm³/mol. The minimum absolute atomic E-state index is 0.308. The third-order valence-electron chi connectivity index (χ3n) is 1.21. The molecule has 0 aromatic heterocycles. The van der Waals surface area contributed by atoms with E-state index in [4.69, 9.17) is 5.11 Å². The van der Waals surface area contributed by atoms with Crippen molar-refractivity contribution < 1.29 is 22.7 Å². The van der Waals surface area contributed by atoms with Gasteiger partial charge in [0.05, 0.1) is 6.10 Å². The van der Waals surface area contributed by atoms with Crippen LogP contribution in [0.15, 0.2) is 0 Å². The van der Waals surface area contributed by atoms with E-state index in [1.165, 1.54) is 6.92 Å². The summed E-state index contributed by atoms with van der Waals surface area (Å²) in [5, 5.41) is 8.52. The molecule has 1 atom stereocenters. The topological polar surface area (TPSA) is 20.2 Å². The monoisotopic (exact) mass is 174 g/mol. The van der Waals surface area contributed by atoms with Gasteiger partial charge in [-0.15, -0.1) is 0 Å². The fourth-order valence-corrected chi connectivity index (χ4v) is 0.510. The first-order valence-corrected chi connectivity index (χ1v) is 3.20. The third-order valence-corrected chi connectivity index (χ3v) is 1.21. The van der Waals surface area contributed by atoms with Crippen LogP contribution in [0.3, 0.4) is 0 Å². The molecule has 0 fully saturated rings. The molecule has 0 saturated carbocycles. The van der Waals surface area contributed by atoms with Crippen molar-refractivity contribution in [2.45, 2.75) is 38.2 Å². The van der Waals surface area contributed by atoms with Crippen LogP contribution in [0.1, 0.15) is 19.8 Å². The van der Waals surface area contributed by atoms with E-state index in [0.29, 0.717) is 0 Å². The Balaban J connectivity index is 3.73. The number of aliphatic hydroxyl groups is 1. The highest BCUT2D eigenvalue weighted by atomic mass is 19.3. The van der Waals surface area contributed by atoms with Gasteiger partial charge >= 0.3 is 12.3 Å². The lowest BCUT2D eigenvalue weighted by Crippen LogP contribution is -2.27.